The Morgan fingerprint density at radius 1 is 1.00 bits per heavy atom. The lowest BCUT2D eigenvalue weighted by molar-refractivity contribution is -0.243. The number of amides is 1. The van der Waals surface area contributed by atoms with Gasteiger partial charge in [0.05, 0.1) is 12.1 Å². The molecule has 7 atom stereocenters. The van der Waals surface area contributed by atoms with Crippen molar-refractivity contribution in [3.8, 4) is 0 Å². The Labute approximate surface area is 165 Å². The molecule has 1 amide bonds. The molecule has 0 aromatic rings. The molecule has 28 heavy (non-hydrogen) atoms. The van der Waals surface area contributed by atoms with E-state index in [4.69, 9.17) is 28.4 Å². The molecular weight excluding hydrogens is 370 g/mol. The molecule has 9 nitrogen and oxygen atoms in total. The van der Waals surface area contributed by atoms with Crippen molar-refractivity contribution < 1.29 is 38.3 Å². The number of rotatable bonds is 3. The third-order valence-electron chi connectivity index (χ3n) is 4.75. The molecule has 3 saturated heterocycles. The van der Waals surface area contributed by atoms with E-state index in [2.05, 4.69) is 5.32 Å². The normalized spacial score (nSPS) is 38.2. The minimum atomic E-state index is -0.933. The molecule has 3 rings (SSSR count). The van der Waals surface area contributed by atoms with E-state index in [1.165, 1.54) is 0 Å². The lowest BCUT2D eigenvalue weighted by atomic mass is 9.92. The Bertz CT molecular complexity index is 599. The Kier molecular flexibility index (Phi) is 5.49. The number of hydrogen-bond donors (Lipinski definition) is 2. The van der Waals surface area contributed by atoms with E-state index >= 15 is 0 Å². The summed E-state index contributed by atoms with van der Waals surface area (Å²) < 4.78 is 35.4. The van der Waals surface area contributed by atoms with Crippen molar-refractivity contribution in [2.75, 3.05) is 0 Å². The zero-order valence-electron chi connectivity index (χ0n) is 17.8. The van der Waals surface area contributed by atoms with E-state index in [-0.39, 0.29) is 0 Å². The molecule has 0 bridgehead atoms. The van der Waals surface area contributed by atoms with Gasteiger partial charge in [-0.05, 0) is 55.4 Å². The summed E-state index contributed by atoms with van der Waals surface area (Å²) >= 11 is 0. The van der Waals surface area contributed by atoms with Crippen LogP contribution in [0.5, 0.6) is 0 Å². The number of aliphatic hydroxyl groups is 1. The van der Waals surface area contributed by atoms with Gasteiger partial charge in [0, 0.05) is 0 Å². The van der Waals surface area contributed by atoms with Gasteiger partial charge in [-0.15, -0.1) is 0 Å². The first kappa shape index (κ1) is 21.7. The van der Waals surface area contributed by atoms with Crippen LogP contribution in [-0.2, 0) is 28.4 Å². The molecule has 0 aromatic heterocycles. The summed E-state index contributed by atoms with van der Waals surface area (Å²) in [5.41, 5.74) is -0.671. The van der Waals surface area contributed by atoms with Crippen LogP contribution in [0.3, 0.4) is 0 Å². The Morgan fingerprint density at radius 2 is 1.54 bits per heavy atom. The van der Waals surface area contributed by atoms with Crippen molar-refractivity contribution >= 4 is 6.09 Å². The highest BCUT2D eigenvalue weighted by Crippen LogP contribution is 2.45. The second-order valence-corrected chi connectivity index (χ2v) is 9.55. The molecule has 0 aromatic carbocycles. The summed E-state index contributed by atoms with van der Waals surface area (Å²) in [5, 5.41) is 13.1. The minimum absolute atomic E-state index is 0.470. The summed E-state index contributed by atoms with van der Waals surface area (Å²) in [6.45, 7) is 14.1. The zero-order valence-corrected chi connectivity index (χ0v) is 17.8. The molecule has 0 saturated carbocycles. The number of hydrogen-bond acceptors (Lipinski definition) is 8. The fourth-order valence-electron chi connectivity index (χ4n) is 3.85. The van der Waals surface area contributed by atoms with E-state index in [1.807, 2.05) is 0 Å². The lowest BCUT2D eigenvalue weighted by Gasteiger charge is -2.41. The molecule has 9 heteroatoms. The van der Waals surface area contributed by atoms with Gasteiger partial charge in [-0.3, -0.25) is 0 Å². The van der Waals surface area contributed by atoms with Crippen LogP contribution in [0.2, 0.25) is 0 Å². The van der Waals surface area contributed by atoms with Gasteiger partial charge in [0.1, 0.15) is 30.0 Å². The first-order valence-electron chi connectivity index (χ1n) is 9.72. The summed E-state index contributed by atoms with van der Waals surface area (Å²) in [4.78, 5) is 12.3. The van der Waals surface area contributed by atoms with E-state index < -0.39 is 66.1 Å². The molecule has 3 heterocycles. The monoisotopic (exact) mass is 403 g/mol. The number of aliphatic hydroxyl groups excluding tert-OH is 1. The maximum Gasteiger partial charge on any atom is 0.408 e. The van der Waals surface area contributed by atoms with Gasteiger partial charge in [0.15, 0.2) is 17.9 Å². The third kappa shape index (κ3) is 4.60. The first-order chi connectivity index (χ1) is 12.7. The predicted octanol–water partition coefficient (Wildman–Crippen LogP) is 1.66. The predicted molar refractivity (Wildman–Crippen MR) is 97.4 cm³/mol. The van der Waals surface area contributed by atoms with Crippen LogP contribution in [0.25, 0.3) is 0 Å². The molecule has 3 aliphatic heterocycles. The van der Waals surface area contributed by atoms with Crippen molar-refractivity contribution in [1.82, 2.24) is 5.32 Å². The maximum absolute atomic E-state index is 12.3. The summed E-state index contributed by atoms with van der Waals surface area (Å²) in [5.74, 6) is -1.71. The summed E-state index contributed by atoms with van der Waals surface area (Å²) in [6, 6.07) is -0.798. The van der Waals surface area contributed by atoms with E-state index in [0.717, 1.165) is 0 Å². The quantitative estimate of drug-likeness (QED) is 0.733. The second kappa shape index (κ2) is 7.07. The third-order valence-corrected chi connectivity index (χ3v) is 4.75. The van der Waals surface area contributed by atoms with Crippen molar-refractivity contribution in [3.05, 3.63) is 0 Å². The van der Waals surface area contributed by atoms with E-state index in [9.17, 15) is 9.90 Å². The Hall–Kier alpha value is -0.970. The highest BCUT2D eigenvalue weighted by molar-refractivity contribution is 5.68. The average Bonchev–Trinajstić information content (AvgIpc) is 2.96. The number of nitrogens with one attached hydrogen (secondary N) is 1. The van der Waals surface area contributed by atoms with Crippen LogP contribution in [0.1, 0.15) is 55.4 Å². The highest BCUT2D eigenvalue weighted by Gasteiger charge is 2.62. The maximum atomic E-state index is 12.3. The molecule has 162 valence electrons. The lowest BCUT2D eigenvalue weighted by Crippen LogP contribution is -2.64. The van der Waals surface area contributed by atoms with E-state index in [1.54, 1.807) is 55.4 Å². The van der Waals surface area contributed by atoms with Gasteiger partial charge in [0.2, 0.25) is 0 Å². The van der Waals surface area contributed by atoms with Crippen molar-refractivity contribution in [2.45, 2.75) is 115 Å². The van der Waals surface area contributed by atoms with Gasteiger partial charge in [0.25, 0.3) is 0 Å². The SMILES string of the molecule is C[C@H](O)[C@@H](NC(=O)OC(C)(C)C)[C@H]1O[C@@H]2OC(C)(C)O[C@@H]2[C@H]2OC(C)(C)O[C@H]21. The van der Waals surface area contributed by atoms with Gasteiger partial charge < -0.3 is 38.8 Å². The topological polar surface area (TPSA) is 105 Å². The Balaban J connectivity index is 1.84. The Morgan fingerprint density at radius 3 is 2.11 bits per heavy atom. The van der Waals surface area contributed by atoms with Crippen LogP contribution in [0.4, 0.5) is 4.79 Å². The van der Waals surface area contributed by atoms with Crippen LogP contribution in [0, 0.1) is 0 Å². The average molecular weight is 403 g/mol. The second-order valence-electron chi connectivity index (χ2n) is 9.55. The molecule has 0 spiro atoms. The minimum Gasteiger partial charge on any atom is -0.444 e. The first-order valence-corrected chi connectivity index (χ1v) is 9.72. The van der Waals surface area contributed by atoms with Crippen molar-refractivity contribution in [2.24, 2.45) is 0 Å². The fourth-order valence-corrected chi connectivity index (χ4v) is 3.85. The summed E-state index contributed by atoms with van der Waals surface area (Å²) in [6.07, 6.45) is -4.53. The molecule has 3 fully saturated rings. The van der Waals surface area contributed by atoms with Crippen LogP contribution in [0.15, 0.2) is 0 Å². The van der Waals surface area contributed by atoms with Crippen molar-refractivity contribution in [3.63, 3.8) is 0 Å². The zero-order chi connectivity index (χ0) is 21.1. The van der Waals surface area contributed by atoms with Crippen molar-refractivity contribution in [1.29, 1.82) is 0 Å². The molecule has 2 N–H and O–H groups in total. The standard InChI is InChI=1S/C19H33NO8/c1-9(21)10(20-16(22)28-17(2,3)4)11-12-13(25-18(5,6)24-12)14-15(23-11)27-19(7,8)26-14/h9-15,21H,1-8H3,(H,20,22)/t9-,10+,11+,12-,13-,14+,15+/m0/s1. The van der Waals surface area contributed by atoms with Crippen LogP contribution >= 0.6 is 0 Å². The van der Waals surface area contributed by atoms with E-state index in [0.29, 0.717) is 0 Å². The fraction of sp³-hybridized carbons (Fsp3) is 0.947. The molecule has 0 radical (unpaired) electrons. The molecule has 0 aliphatic carbocycles. The number of ether oxygens (including phenoxy) is 6. The summed E-state index contributed by atoms with van der Waals surface area (Å²) in [7, 11) is 0. The highest BCUT2D eigenvalue weighted by atomic mass is 16.9. The molecule has 0 unspecified atom stereocenters. The largest absolute Gasteiger partial charge is 0.444 e. The number of fused-ring (bicyclic) bond motifs is 3. The molecule has 3 aliphatic rings. The van der Waals surface area contributed by atoms with Gasteiger partial charge in [-0.2, -0.15) is 0 Å². The van der Waals surface area contributed by atoms with Crippen LogP contribution < -0.4 is 5.32 Å². The van der Waals surface area contributed by atoms with Gasteiger partial charge in [-0.25, -0.2) is 4.79 Å². The smallest absolute Gasteiger partial charge is 0.408 e. The number of carbonyl (C=O) groups excluding carboxylic acids is 1. The van der Waals surface area contributed by atoms with Gasteiger partial charge >= 0.3 is 6.09 Å². The molecular formula is C19H33NO8. The van der Waals surface area contributed by atoms with Crippen LogP contribution in [-0.4, -0.2) is 71.2 Å². The number of alkyl carbamates (subject to hydrolysis) is 1. The number of carbonyl (C=O) groups is 1. The van der Waals surface area contributed by atoms with Gasteiger partial charge in [-0.1, -0.05) is 0 Å².